The van der Waals surface area contributed by atoms with Crippen molar-refractivity contribution in [3.8, 4) is 0 Å². The molecule has 0 aliphatic heterocycles. The van der Waals surface area contributed by atoms with Crippen molar-refractivity contribution in [2.75, 3.05) is 12.0 Å². The molecule has 1 rings (SSSR count). The minimum absolute atomic E-state index is 0.171. The fraction of sp³-hybridized carbons (Fsp3) is 0.444. The van der Waals surface area contributed by atoms with Crippen molar-refractivity contribution < 1.29 is 9.00 Å². The summed E-state index contributed by atoms with van der Waals surface area (Å²) in [6, 6.07) is 2.81. The van der Waals surface area contributed by atoms with E-state index in [9.17, 15) is 9.00 Å². The van der Waals surface area contributed by atoms with E-state index < -0.39 is 10.8 Å². The third-order valence-corrected chi connectivity index (χ3v) is 2.90. The number of halogens is 1. The van der Waals surface area contributed by atoms with Crippen molar-refractivity contribution in [2.45, 2.75) is 13.0 Å². The van der Waals surface area contributed by atoms with Crippen LogP contribution < -0.4 is 5.32 Å². The van der Waals surface area contributed by atoms with Crippen LogP contribution in [0.4, 0.5) is 0 Å². The van der Waals surface area contributed by atoms with Gasteiger partial charge in [-0.05, 0) is 19.1 Å². The molecule has 1 heterocycles. The summed E-state index contributed by atoms with van der Waals surface area (Å²) in [7, 11) is -0.944. The molecule has 0 aliphatic carbocycles. The van der Waals surface area contributed by atoms with Crippen molar-refractivity contribution in [3.63, 3.8) is 0 Å². The van der Waals surface area contributed by atoms with E-state index in [-0.39, 0.29) is 22.8 Å². The Morgan fingerprint density at radius 2 is 2.25 bits per heavy atom. The lowest BCUT2D eigenvalue weighted by molar-refractivity contribution is 0.0937. The number of hydrogen-bond acceptors (Lipinski definition) is 4. The number of carbonyl (C=O) groups is 1. The normalized spacial score (nSPS) is 14.2. The van der Waals surface area contributed by atoms with Crippen LogP contribution >= 0.6 is 11.6 Å². The van der Waals surface area contributed by atoms with Crippen LogP contribution in [0.5, 0.6) is 0 Å². The van der Waals surface area contributed by atoms with E-state index in [1.54, 1.807) is 13.2 Å². The second-order valence-corrected chi connectivity index (χ2v) is 5.22. The molecule has 1 aromatic rings. The minimum Gasteiger partial charge on any atom is -0.347 e. The Bertz CT molecular complexity index is 396. The summed E-state index contributed by atoms with van der Waals surface area (Å²) in [5.74, 6) is 0.0642. The highest BCUT2D eigenvalue weighted by atomic mass is 35.5. The van der Waals surface area contributed by atoms with Gasteiger partial charge in [0, 0.05) is 28.9 Å². The highest BCUT2D eigenvalue weighted by Crippen LogP contribution is 2.02. The quantitative estimate of drug-likeness (QED) is 0.863. The molecule has 2 unspecified atom stereocenters. The largest absolute Gasteiger partial charge is 0.347 e. The fourth-order valence-corrected chi connectivity index (χ4v) is 2.02. The van der Waals surface area contributed by atoms with Gasteiger partial charge in [0.2, 0.25) is 0 Å². The molecule has 0 saturated heterocycles. The summed E-state index contributed by atoms with van der Waals surface area (Å²) in [6.07, 6.45) is 1.59. The number of nitrogens with zero attached hydrogens (tertiary/aromatic N) is 2. The Labute approximate surface area is 101 Å². The number of hydrogen-bond donors (Lipinski definition) is 1. The summed E-state index contributed by atoms with van der Waals surface area (Å²) in [6.45, 7) is 1.78. The van der Waals surface area contributed by atoms with Crippen molar-refractivity contribution in [1.29, 1.82) is 0 Å². The Balaban J connectivity index is 2.58. The molecule has 0 aliphatic rings. The average molecular weight is 262 g/mol. The van der Waals surface area contributed by atoms with E-state index >= 15 is 0 Å². The SMILES string of the molecule is CC(CS(C)=O)NC(=O)c1ccc(Cl)nn1. The van der Waals surface area contributed by atoms with E-state index in [0.29, 0.717) is 5.75 Å². The first-order valence-electron chi connectivity index (χ1n) is 4.59. The van der Waals surface area contributed by atoms with Gasteiger partial charge >= 0.3 is 0 Å². The first-order valence-corrected chi connectivity index (χ1v) is 6.69. The first-order chi connectivity index (χ1) is 7.49. The molecule has 0 fully saturated rings. The van der Waals surface area contributed by atoms with Crippen LogP contribution in [0.25, 0.3) is 0 Å². The fourth-order valence-electron chi connectivity index (χ4n) is 1.13. The lowest BCUT2D eigenvalue weighted by Crippen LogP contribution is -2.36. The zero-order valence-electron chi connectivity index (χ0n) is 8.94. The van der Waals surface area contributed by atoms with Gasteiger partial charge in [-0.25, -0.2) is 0 Å². The molecule has 7 heteroatoms. The summed E-state index contributed by atoms with van der Waals surface area (Å²) in [4.78, 5) is 11.6. The van der Waals surface area contributed by atoms with E-state index in [2.05, 4.69) is 15.5 Å². The van der Waals surface area contributed by atoms with Crippen molar-refractivity contribution in [3.05, 3.63) is 23.0 Å². The highest BCUT2D eigenvalue weighted by molar-refractivity contribution is 7.84. The molecule has 1 N–H and O–H groups in total. The number of rotatable bonds is 4. The zero-order valence-corrected chi connectivity index (χ0v) is 10.5. The third-order valence-electron chi connectivity index (χ3n) is 1.73. The van der Waals surface area contributed by atoms with Gasteiger partial charge in [-0.15, -0.1) is 10.2 Å². The maximum absolute atomic E-state index is 11.6. The smallest absolute Gasteiger partial charge is 0.272 e. The Morgan fingerprint density at radius 3 is 2.75 bits per heavy atom. The molecule has 2 atom stereocenters. The predicted octanol–water partition coefficient (Wildman–Crippen LogP) is 0.627. The lowest BCUT2D eigenvalue weighted by atomic mass is 10.3. The minimum atomic E-state index is -0.944. The summed E-state index contributed by atoms with van der Waals surface area (Å²) >= 11 is 5.55. The predicted molar refractivity (Wildman–Crippen MR) is 62.9 cm³/mol. The van der Waals surface area contributed by atoms with Crippen LogP contribution in [0.3, 0.4) is 0 Å². The van der Waals surface area contributed by atoms with Crippen LogP contribution in [0.2, 0.25) is 5.15 Å². The molecular weight excluding hydrogens is 250 g/mol. The van der Waals surface area contributed by atoms with Crippen molar-refractivity contribution >= 4 is 28.3 Å². The topological polar surface area (TPSA) is 72.0 Å². The molecule has 0 aromatic carbocycles. The maximum Gasteiger partial charge on any atom is 0.272 e. The molecule has 5 nitrogen and oxygen atoms in total. The van der Waals surface area contributed by atoms with Crippen LogP contribution in [0.15, 0.2) is 12.1 Å². The summed E-state index contributed by atoms with van der Waals surface area (Å²) < 4.78 is 10.9. The maximum atomic E-state index is 11.6. The number of nitrogens with one attached hydrogen (secondary N) is 1. The molecule has 16 heavy (non-hydrogen) atoms. The van der Waals surface area contributed by atoms with Gasteiger partial charge in [0.25, 0.3) is 5.91 Å². The number of aromatic nitrogens is 2. The van der Waals surface area contributed by atoms with Gasteiger partial charge in [-0.3, -0.25) is 9.00 Å². The van der Waals surface area contributed by atoms with Gasteiger partial charge in [0.1, 0.15) is 0 Å². The second-order valence-electron chi connectivity index (χ2n) is 3.36. The van der Waals surface area contributed by atoms with Gasteiger partial charge < -0.3 is 5.32 Å². The van der Waals surface area contributed by atoms with Crippen LogP contribution in [0, 0.1) is 0 Å². The van der Waals surface area contributed by atoms with Gasteiger partial charge in [-0.1, -0.05) is 11.6 Å². The molecule has 0 bridgehead atoms. The van der Waals surface area contributed by atoms with E-state index in [4.69, 9.17) is 11.6 Å². The van der Waals surface area contributed by atoms with Crippen LogP contribution in [0.1, 0.15) is 17.4 Å². The monoisotopic (exact) mass is 261 g/mol. The number of amides is 1. The Kier molecular flexibility index (Phi) is 4.82. The van der Waals surface area contributed by atoms with Gasteiger partial charge in [0.15, 0.2) is 10.8 Å². The summed E-state index contributed by atoms with van der Waals surface area (Å²) in [5, 5.41) is 10.1. The van der Waals surface area contributed by atoms with E-state index in [1.165, 1.54) is 12.1 Å². The van der Waals surface area contributed by atoms with E-state index in [1.807, 2.05) is 0 Å². The van der Waals surface area contributed by atoms with Gasteiger partial charge in [0.05, 0.1) is 0 Å². The van der Waals surface area contributed by atoms with Crippen LogP contribution in [-0.2, 0) is 10.8 Å². The molecule has 0 saturated carbocycles. The van der Waals surface area contributed by atoms with Crippen LogP contribution in [-0.4, -0.2) is 38.4 Å². The molecule has 88 valence electrons. The Hall–Kier alpha value is -1.01. The first kappa shape index (κ1) is 13.1. The standard InChI is InChI=1S/C9H12ClN3O2S/c1-6(5-16(2)15)11-9(14)7-3-4-8(10)13-12-7/h3-4,6H,5H2,1-2H3,(H,11,14). The molecule has 0 spiro atoms. The van der Waals surface area contributed by atoms with E-state index in [0.717, 1.165) is 0 Å². The lowest BCUT2D eigenvalue weighted by Gasteiger charge is -2.11. The third kappa shape index (κ3) is 4.24. The second kappa shape index (κ2) is 5.91. The number of carbonyl (C=O) groups excluding carboxylic acids is 1. The zero-order chi connectivity index (χ0) is 12.1. The molecular formula is C9H12ClN3O2S. The molecule has 1 amide bonds. The summed E-state index contributed by atoms with van der Waals surface area (Å²) in [5.41, 5.74) is 0.193. The van der Waals surface area contributed by atoms with Crippen molar-refractivity contribution in [1.82, 2.24) is 15.5 Å². The highest BCUT2D eigenvalue weighted by Gasteiger charge is 2.12. The molecule has 0 radical (unpaired) electrons. The Morgan fingerprint density at radius 1 is 1.56 bits per heavy atom. The van der Waals surface area contributed by atoms with Crippen molar-refractivity contribution in [2.24, 2.45) is 0 Å². The van der Waals surface area contributed by atoms with Gasteiger partial charge in [-0.2, -0.15) is 0 Å². The molecule has 1 aromatic heterocycles. The average Bonchev–Trinajstić information content (AvgIpc) is 2.16.